The average molecular weight is 262 g/mol. The number of hydrogen-bond donors (Lipinski definition) is 1. The normalized spacial score (nSPS) is 12.8. The fourth-order valence-electron chi connectivity index (χ4n) is 2.32. The molecule has 0 heterocycles. The zero-order chi connectivity index (χ0) is 13.4. The summed E-state index contributed by atoms with van der Waals surface area (Å²) in [6, 6.07) is 10.9. The first-order valence-corrected chi connectivity index (χ1v) is 9.98. The molecule has 1 aromatic carbocycles. The topological polar surface area (TPSA) is 20.2 Å². The summed E-state index contributed by atoms with van der Waals surface area (Å²) in [5.74, 6) is 0. The van der Waals surface area contributed by atoms with Crippen LogP contribution in [0.2, 0.25) is 13.1 Å². The molecule has 1 aromatic rings. The van der Waals surface area contributed by atoms with Crippen LogP contribution in [0.3, 0.4) is 0 Å². The minimum atomic E-state index is -1.53. The van der Waals surface area contributed by atoms with E-state index < -0.39 is 8.07 Å². The van der Waals surface area contributed by atoms with Gasteiger partial charge in [0.25, 0.3) is 0 Å². The fourth-order valence-corrected chi connectivity index (χ4v) is 5.17. The molecule has 0 unspecified atom stereocenters. The first-order chi connectivity index (χ1) is 8.62. The van der Waals surface area contributed by atoms with Gasteiger partial charge >= 0.3 is 0 Å². The molecule has 0 bridgehead atoms. The Balaban J connectivity index is 2.95. The van der Waals surface area contributed by atoms with Crippen LogP contribution < -0.4 is 5.19 Å². The SMILES string of the molecule is CCCC/C(=C\CCO)[Si](C)(C)c1ccccc1. The van der Waals surface area contributed by atoms with Gasteiger partial charge in [-0.25, -0.2) is 0 Å². The van der Waals surface area contributed by atoms with E-state index in [1.54, 1.807) is 5.20 Å². The van der Waals surface area contributed by atoms with E-state index in [-0.39, 0.29) is 6.61 Å². The van der Waals surface area contributed by atoms with Gasteiger partial charge in [0.2, 0.25) is 0 Å². The average Bonchev–Trinajstić information content (AvgIpc) is 2.39. The molecule has 100 valence electrons. The number of rotatable bonds is 7. The molecule has 0 aliphatic heterocycles. The van der Waals surface area contributed by atoms with Crippen molar-refractivity contribution < 1.29 is 5.11 Å². The van der Waals surface area contributed by atoms with Crippen molar-refractivity contribution in [3.63, 3.8) is 0 Å². The van der Waals surface area contributed by atoms with Crippen molar-refractivity contribution in [3.05, 3.63) is 41.6 Å². The predicted molar refractivity (Wildman–Crippen MR) is 82.9 cm³/mol. The maximum Gasteiger partial charge on any atom is 0.107 e. The highest BCUT2D eigenvalue weighted by Gasteiger charge is 2.27. The molecular weight excluding hydrogens is 236 g/mol. The third kappa shape index (κ3) is 4.11. The van der Waals surface area contributed by atoms with E-state index in [4.69, 9.17) is 5.11 Å². The van der Waals surface area contributed by atoms with E-state index in [9.17, 15) is 0 Å². The number of benzene rings is 1. The molecule has 1 N–H and O–H groups in total. The Hall–Kier alpha value is -0.863. The second-order valence-corrected chi connectivity index (χ2v) is 9.81. The van der Waals surface area contributed by atoms with Gasteiger partial charge in [-0.05, 0) is 12.8 Å². The molecule has 0 saturated heterocycles. The van der Waals surface area contributed by atoms with E-state index in [0.29, 0.717) is 0 Å². The van der Waals surface area contributed by atoms with Crippen molar-refractivity contribution in [2.75, 3.05) is 6.61 Å². The van der Waals surface area contributed by atoms with E-state index in [0.717, 1.165) is 6.42 Å². The second kappa shape index (κ2) is 7.55. The lowest BCUT2D eigenvalue weighted by Gasteiger charge is -2.27. The van der Waals surface area contributed by atoms with Gasteiger partial charge in [0.05, 0.1) is 0 Å². The van der Waals surface area contributed by atoms with Gasteiger partial charge < -0.3 is 5.11 Å². The number of unbranched alkanes of at least 4 members (excludes halogenated alkanes) is 1. The van der Waals surface area contributed by atoms with Gasteiger partial charge in [-0.2, -0.15) is 0 Å². The largest absolute Gasteiger partial charge is 0.396 e. The highest BCUT2D eigenvalue weighted by atomic mass is 28.3. The summed E-state index contributed by atoms with van der Waals surface area (Å²) in [5.41, 5.74) is 0. The van der Waals surface area contributed by atoms with Crippen LogP contribution in [0, 0.1) is 0 Å². The highest BCUT2D eigenvalue weighted by molar-refractivity contribution is 6.95. The Morgan fingerprint density at radius 1 is 1.22 bits per heavy atom. The van der Waals surface area contributed by atoms with Gasteiger partial charge in [0.15, 0.2) is 0 Å². The molecule has 0 amide bonds. The van der Waals surface area contributed by atoms with Gasteiger partial charge in [-0.3, -0.25) is 0 Å². The number of allylic oxidation sites excluding steroid dienone is 1. The molecule has 1 rings (SSSR count). The summed E-state index contributed by atoms with van der Waals surface area (Å²) in [6.07, 6.45) is 6.75. The van der Waals surface area contributed by atoms with Crippen molar-refractivity contribution >= 4 is 13.3 Å². The smallest absolute Gasteiger partial charge is 0.107 e. The molecule has 0 aliphatic carbocycles. The zero-order valence-corrected chi connectivity index (χ0v) is 12.9. The van der Waals surface area contributed by atoms with Gasteiger partial charge in [0.1, 0.15) is 8.07 Å². The van der Waals surface area contributed by atoms with E-state index >= 15 is 0 Å². The van der Waals surface area contributed by atoms with Crippen molar-refractivity contribution in [2.45, 2.75) is 45.7 Å². The second-order valence-electron chi connectivity index (χ2n) is 5.34. The molecule has 2 heteroatoms. The van der Waals surface area contributed by atoms with Crippen LogP contribution in [0.5, 0.6) is 0 Å². The summed E-state index contributed by atoms with van der Waals surface area (Å²) in [7, 11) is -1.53. The Bertz CT molecular complexity index is 368. The van der Waals surface area contributed by atoms with Crippen molar-refractivity contribution in [1.82, 2.24) is 0 Å². The summed E-state index contributed by atoms with van der Waals surface area (Å²) in [5, 5.41) is 12.1. The van der Waals surface area contributed by atoms with E-state index in [1.165, 1.54) is 24.4 Å². The van der Waals surface area contributed by atoms with Gasteiger partial charge in [0, 0.05) is 6.61 Å². The molecule has 0 aliphatic rings. The first kappa shape index (κ1) is 15.2. The fraction of sp³-hybridized carbons (Fsp3) is 0.500. The minimum absolute atomic E-state index is 0.259. The lowest BCUT2D eigenvalue weighted by Crippen LogP contribution is -2.43. The molecule has 0 atom stereocenters. The zero-order valence-electron chi connectivity index (χ0n) is 11.9. The van der Waals surface area contributed by atoms with Crippen molar-refractivity contribution in [1.29, 1.82) is 0 Å². The Labute approximate surface area is 113 Å². The molecule has 0 spiro atoms. The molecule has 1 nitrogen and oxygen atoms in total. The van der Waals surface area contributed by atoms with Crippen LogP contribution in [-0.4, -0.2) is 19.8 Å². The lowest BCUT2D eigenvalue weighted by atomic mass is 10.2. The Morgan fingerprint density at radius 2 is 1.89 bits per heavy atom. The highest BCUT2D eigenvalue weighted by Crippen LogP contribution is 2.21. The van der Waals surface area contributed by atoms with Crippen LogP contribution in [0.4, 0.5) is 0 Å². The number of hydrogen-bond acceptors (Lipinski definition) is 1. The van der Waals surface area contributed by atoms with Gasteiger partial charge in [-0.1, -0.05) is 79.7 Å². The molecule has 0 saturated carbocycles. The van der Waals surface area contributed by atoms with Crippen LogP contribution in [0.25, 0.3) is 0 Å². The summed E-state index contributed by atoms with van der Waals surface area (Å²) >= 11 is 0. The molecule has 0 fully saturated rings. The molecule has 18 heavy (non-hydrogen) atoms. The first-order valence-electron chi connectivity index (χ1n) is 6.98. The quantitative estimate of drug-likeness (QED) is 0.744. The lowest BCUT2D eigenvalue weighted by molar-refractivity contribution is 0.302. The molecule has 0 aromatic heterocycles. The van der Waals surface area contributed by atoms with E-state index in [1.807, 2.05) is 0 Å². The Kier molecular flexibility index (Phi) is 6.37. The standard InChI is InChI=1S/C16H26OSi/c1-4-5-10-15(13-9-14-17)18(2,3)16-11-7-6-8-12-16/h6-8,11-13,17H,4-5,9-10,14H2,1-3H3/b15-13+. The summed E-state index contributed by atoms with van der Waals surface area (Å²) < 4.78 is 0. The minimum Gasteiger partial charge on any atom is -0.396 e. The monoisotopic (exact) mass is 262 g/mol. The van der Waals surface area contributed by atoms with Crippen LogP contribution in [0.1, 0.15) is 32.6 Å². The predicted octanol–water partition coefficient (Wildman–Crippen LogP) is 3.64. The van der Waals surface area contributed by atoms with Gasteiger partial charge in [-0.15, -0.1) is 0 Å². The van der Waals surface area contributed by atoms with E-state index in [2.05, 4.69) is 56.4 Å². The third-order valence-corrected chi connectivity index (χ3v) is 7.45. The number of aliphatic hydroxyl groups is 1. The van der Waals surface area contributed by atoms with Crippen molar-refractivity contribution in [2.24, 2.45) is 0 Å². The maximum atomic E-state index is 9.05. The van der Waals surface area contributed by atoms with Crippen LogP contribution >= 0.6 is 0 Å². The van der Waals surface area contributed by atoms with Crippen LogP contribution in [-0.2, 0) is 0 Å². The summed E-state index contributed by atoms with van der Waals surface area (Å²) in [4.78, 5) is 0. The third-order valence-electron chi connectivity index (χ3n) is 3.62. The summed E-state index contributed by atoms with van der Waals surface area (Å²) in [6.45, 7) is 7.33. The molecular formula is C16H26OSi. The van der Waals surface area contributed by atoms with Crippen molar-refractivity contribution in [3.8, 4) is 0 Å². The maximum absolute atomic E-state index is 9.05. The van der Waals surface area contributed by atoms with Crippen LogP contribution in [0.15, 0.2) is 41.6 Å². The molecule has 0 radical (unpaired) electrons. The number of aliphatic hydroxyl groups excluding tert-OH is 1. The Morgan fingerprint density at radius 3 is 2.44 bits per heavy atom.